The van der Waals surface area contributed by atoms with Crippen LogP contribution in [-0.4, -0.2) is 42.9 Å². The van der Waals surface area contributed by atoms with Crippen LogP contribution in [0.25, 0.3) is 6.08 Å². The van der Waals surface area contributed by atoms with Crippen LogP contribution in [0.4, 0.5) is 5.69 Å². The maximum Gasteiger partial charge on any atom is 0.262 e. The van der Waals surface area contributed by atoms with Gasteiger partial charge in [0, 0.05) is 28.6 Å². The van der Waals surface area contributed by atoms with Gasteiger partial charge in [-0.25, -0.2) is 0 Å². The smallest absolute Gasteiger partial charge is 0.262 e. The van der Waals surface area contributed by atoms with E-state index in [1.165, 1.54) is 37.4 Å². The Bertz CT molecular complexity index is 1000. The Hall–Kier alpha value is -2.28. The summed E-state index contributed by atoms with van der Waals surface area (Å²) < 4.78 is 0. The summed E-state index contributed by atoms with van der Waals surface area (Å²) in [4.78, 5) is 29.1. The van der Waals surface area contributed by atoms with Gasteiger partial charge in [0.1, 0.15) is 0 Å². The van der Waals surface area contributed by atoms with Crippen LogP contribution >= 0.6 is 23.4 Å². The lowest BCUT2D eigenvalue weighted by Crippen LogP contribution is -2.35. The molecule has 0 aliphatic carbocycles. The zero-order valence-corrected chi connectivity index (χ0v) is 18.9. The number of hydrogen-bond acceptors (Lipinski definition) is 4. The number of carbonyl (C=O) groups excluding carboxylic acids is 2. The highest BCUT2D eigenvalue weighted by Crippen LogP contribution is 2.39. The fraction of sp³-hybridized carbons (Fsp3) is 0.333. The first-order valence-electron chi connectivity index (χ1n) is 10.7. The number of thioether (sulfide) groups is 1. The van der Waals surface area contributed by atoms with E-state index >= 15 is 0 Å². The Morgan fingerprint density at radius 2 is 1.94 bits per heavy atom. The molecule has 2 aromatic rings. The Morgan fingerprint density at radius 1 is 1.13 bits per heavy atom. The van der Waals surface area contributed by atoms with Gasteiger partial charge >= 0.3 is 0 Å². The van der Waals surface area contributed by atoms with Gasteiger partial charge in [0.05, 0.1) is 10.6 Å². The number of rotatable bonds is 5. The monoisotopic (exact) mass is 455 g/mol. The highest BCUT2D eigenvalue weighted by Gasteiger charge is 2.22. The van der Waals surface area contributed by atoms with Crippen molar-refractivity contribution in [2.24, 2.45) is 0 Å². The largest absolute Gasteiger partial charge is 0.351 e. The highest BCUT2D eigenvalue weighted by molar-refractivity contribution is 8.04. The van der Waals surface area contributed by atoms with Crippen molar-refractivity contribution >= 4 is 46.9 Å². The lowest BCUT2D eigenvalue weighted by atomic mass is 10.1. The molecule has 0 radical (unpaired) electrons. The molecule has 1 saturated heterocycles. The summed E-state index contributed by atoms with van der Waals surface area (Å²) in [6.07, 6.45) is 6.90. The van der Waals surface area contributed by atoms with Crippen molar-refractivity contribution in [3.63, 3.8) is 0 Å². The summed E-state index contributed by atoms with van der Waals surface area (Å²) >= 11 is 7.43. The quantitative estimate of drug-likeness (QED) is 0.620. The average molecular weight is 456 g/mol. The molecule has 162 valence electrons. The molecule has 2 N–H and O–H groups in total. The number of benzene rings is 2. The van der Waals surface area contributed by atoms with Crippen LogP contribution in [0, 0.1) is 0 Å². The molecular formula is C24H26ClN3O2S. The number of anilines is 1. The van der Waals surface area contributed by atoms with Crippen LogP contribution in [0.1, 0.15) is 41.6 Å². The van der Waals surface area contributed by atoms with E-state index in [0.717, 1.165) is 30.1 Å². The van der Waals surface area contributed by atoms with Crippen molar-refractivity contribution < 1.29 is 9.59 Å². The van der Waals surface area contributed by atoms with E-state index in [-0.39, 0.29) is 11.8 Å². The molecule has 2 aliphatic heterocycles. The van der Waals surface area contributed by atoms with Crippen LogP contribution in [0.2, 0.25) is 5.02 Å². The van der Waals surface area contributed by atoms with Gasteiger partial charge in [-0.3, -0.25) is 9.59 Å². The van der Waals surface area contributed by atoms with E-state index in [1.54, 1.807) is 12.1 Å². The van der Waals surface area contributed by atoms with Crippen LogP contribution in [0.5, 0.6) is 0 Å². The topological polar surface area (TPSA) is 61.4 Å². The van der Waals surface area contributed by atoms with Gasteiger partial charge in [0.25, 0.3) is 11.8 Å². The number of nitrogens with zero attached hydrogens (tertiary/aromatic N) is 1. The van der Waals surface area contributed by atoms with Gasteiger partial charge in [0.2, 0.25) is 0 Å². The molecule has 0 aromatic heterocycles. The van der Waals surface area contributed by atoms with E-state index in [0.29, 0.717) is 27.7 Å². The molecule has 5 nitrogen and oxygen atoms in total. The van der Waals surface area contributed by atoms with E-state index < -0.39 is 0 Å². The van der Waals surface area contributed by atoms with E-state index in [1.807, 2.05) is 36.4 Å². The summed E-state index contributed by atoms with van der Waals surface area (Å²) in [6, 6.07) is 12.8. The Labute approximate surface area is 192 Å². The lowest BCUT2D eigenvalue weighted by molar-refractivity contribution is -0.112. The minimum Gasteiger partial charge on any atom is -0.351 e. The van der Waals surface area contributed by atoms with Gasteiger partial charge in [0.15, 0.2) is 0 Å². The SMILES string of the molecule is O=C1Nc2cc(C(=O)NCCN3CCCCCC3)ccc2SC1=Cc1cccc(Cl)c1. The van der Waals surface area contributed by atoms with Crippen molar-refractivity contribution in [2.45, 2.75) is 30.6 Å². The Balaban J connectivity index is 1.38. The molecule has 2 heterocycles. The van der Waals surface area contributed by atoms with Crippen LogP contribution in [0.15, 0.2) is 52.3 Å². The second-order valence-corrected chi connectivity index (χ2v) is 9.36. The molecule has 0 unspecified atom stereocenters. The van der Waals surface area contributed by atoms with Crippen molar-refractivity contribution in [3.8, 4) is 0 Å². The number of nitrogens with one attached hydrogen (secondary N) is 2. The zero-order chi connectivity index (χ0) is 21.6. The molecule has 0 saturated carbocycles. The van der Waals surface area contributed by atoms with Crippen LogP contribution in [0.3, 0.4) is 0 Å². The van der Waals surface area contributed by atoms with E-state index in [9.17, 15) is 9.59 Å². The van der Waals surface area contributed by atoms with Gasteiger partial charge in [-0.1, -0.05) is 48.3 Å². The molecule has 4 rings (SSSR count). The van der Waals surface area contributed by atoms with Crippen molar-refractivity contribution in [1.82, 2.24) is 10.2 Å². The van der Waals surface area contributed by atoms with Gasteiger partial charge in [-0.15, -0.1) is 0 Å². The van der Waals surface area contributed by atoms with Gasteiger partial charge < -0.3 is 15.5 Å². The molecule has 0 atom stereocenters. The minimum atomic E-state index is -0.184. The number of amides is 2. The molecule has 0 bridgehead atoms. The molecule has 2 aliphatic rings. The summed E-state index contributed by atoms with van der Waals surface area (Å²) in [6.45, 7) is 3.73. The Kier molecular flexibility index (Phi) is 7.33. The number of hydrogen-bond donors (Lipinski definition) is 2. The normalized spacial score (nSPS) is 18.2. The summed E-state index contributed by atoms with van der Waals surface area (Å²) in [5.74, 6) is -0.298. The molecule has 31 heavy (non-hydrogen) atoms. The molecule has 0 spiro atoms. The molecular weight excluding hydrogens is 430 g/mol. The maximum absolute atomic E-state index is 12.6. The standard InChI is InChI=1S/C24H26ClN3O2S/c25-19-7-5-6-17(14-19)15-22-24(30)27-20-16-18(8-9-21(20)31-22)23(29)26-10-13-28-11-3-1-2-4-12-28/h5-9,14-16H,1-4,10-13H2,(H,26,29)(H,27,30). The number of fused-ring (bicyclic) bond motifs is 1. The van der Waals surface area contributed by atoms with Crippen molar-refractivity contribution in [3.05, 3.63) is 63.5 Å². The second-order valence-electron chi connectivity index (χ2n) is 7.84. The third kappa shape index (κ3) is 5.91. The number of halogens is 1. The molecule has 2 amide bonds. The van der Waals surface area contributed by atoms with E-state index in [2.05, 4.69) is 15.5 Å². The predicted molar refractivity (Wildman–Crippen MR) is 128 cm³/mol. The Morgan fingerprint density at radius 3 is 2.71 bits per heavy atom. The highest BCUT2D eigenvalue weighted by atomic mass is 35.5. The third-order valence-electron chi connectivity index (χ3n) is 5.49. The summed E-state index contributed by atoms with van der Waals surface area (Å²) in [5, 5.41) is 6.54. The molecule has 7 heteroatoms. The fourth-order valence-corrected chi connectivity index (χ4v) is 4.97. The van der Waals surface area contributed by atoms with Gasteiger partial charge in [-0.05, 0) is 67.9 Å². The van der Waals surface area contributed by atoms with Crippen molar-refractivity contribution in [2.75, 3.05) is 31.5 Å². The number of carbonyl (C=O) groups is 2. The molecule has 2 aromatic carbocycles. The zero-order valence-electron chi connectivity index (χ0n) is 17.3. The van der Waals surface area contributed by atoms with Crippen molar-refractivity contribution in [1.29, 1.82) is 0 Å². The lowest BCUT2D eigenvalue weighted by Gasteiger charge is -2.21. The van der Waals surface area contributed by atoms with E-state index in [4.69, 9.17) is 11.6 Å². The summed E-state index contributed by atoms with van der Waals surface area (Å²) in [5.41, 5.74) is 2.09. The average Bonchev–Trinajstić information content (AvgIpc) is 3.03. The van der Waals surface area contributed by atoms with Crippen LogP contribution < -0.4 is 10.6 Å². The predicted octanol–water partition coefficient (Wildman–Crippen LogP) is 5.03. The first-order valence-corrected chi connectivity index (χ1v) is 11.9. The molecule has 1 fully saturated rings. The third-order valence-corrected chi connectivity index (χ3v) is 6.83. The van der Waals surface area contributed by atoms with Gasteiger partial charge in [-0.2, -0.15) is 0 Å². The first-order chi connectivity index (χ1) is 15.1. The summed E-state index contributed by atoms with van der Waals surface area (Å²) in [7, 11) is 0. The first kappa shape index (κ1) is 21.9. The fourth-order valence-electron chi connectivity index (χ4n) is 3.84. The second kappa shape index (κ2) is 10.4. The number of likely N-dealkylation sites (tertiary alicyclic amines) is 1. The minimum absolute atomic E-state index is 0.114. The maximum atomic E-state index is 12.6. The van der Waals surface area contributed by atoms with Crippen LogP contribution in [-0.2, 0) is 4.79 Å².